The zero-order valence-electron chi connectivity index (χ0n) is 7.34. The average molecular weight is 239 g/mol. The lowest BCUT2D eigenvalue weighted by atomic mass is 10.1. The van der Waals surface area contributed by atoms with Gasteiger partial charge in [0.1, 0.15) is 12.0 Å². The Morgan fingerprint density at radius 2 is 2.00 bits per heavy atom. The second-order valence-electron chi connectivity index (χ2n) is 2.71. The molecule has 0 radical (unpaired) electrons. The molecule has 0 spiro atoms. The van der Waals surface area contributed by atoms with Crippen molar-refractivity contribution in [2.45, 2.75) is 12.8 Å². The zero-order chi connectivity index (χ0) is 11.5. The molecule has 2 nitrogen and oxygen atoms in total. The fourth-order valence-corrected chi connectivity index (χ4v) is 1.28. The summed E-state index contributed by atoms with van der Waals surface area (Å²) >= 11 is 5.55. The van der Waals surface area contributed by atoms with E-state index in [0.29, 0.717) is 11.8 Å². The fraction of sp³-hybridized carbons (Fsp3) is 0.222. The van der Waals surface area contributed by atoms with E-state index in [0.717, 1.165) is 12.1 Å². The number of ether oxygens (including phenoxy) is 1. The minimum atomic E-state index is -4.76. The first kappa shape index (κ1) is 11.8. The summed E-state index contributed by atoms with van der Waals surface area (Å²) in [6, 6.07) is 3.55. The van der Waals surface area contributed by atoms with Crippen LogP contribution in [0.3, 0.4) is 0 Å². The largest absolute Gasteiger partial charge is 0.573 e. The van der Waals surface area contributed by atoms with E-state index in [1.165, 1.54) is 6.07 Å². The highest BCUT2D eigenvalue weighted by Crippen LogP contribution is 2.26. The summed E-state index contributed by atoms with van der Waals surface area (Å²) in [6.07, 6.45) is -4.19. The van der Waals surface area contributed by atoms with Crippen molar-refractivity contribution in [1.29, 1.82) is 0 Å². The summed E-state index contributed by atoms with van der Waals surface area (Å²) in [5.41, 5.74) is 0.372. The van der Waals surface area contributed by atoms with Gasteiger partial charge in [-0.25, -0.2) is 0 Å². The van der Waals surface area contributed by atoms with Crippen LogP contribution < -0.4 is 4.74 Å². The lowest BCUT2D eigenvalue weighted by Crippen LogP contribution is -2.17. The van der Waals surface area contributed by atoms with Crippen LogP contribution in [0.25, 0.3) is 0 Å². The fourth-order valence-electron chi connectivity index (χ4n) is 1.03. The molecular formula is C9H6ClF3O2. The summed E-state index contributed by atoms with van der Waals surface area (Å²) in [5, 5.41) is 0.0913. The van der Waals surface area contributed by atoms with Crippen molar-refractivity contribution >= 4 is 17.9 Å². The van der Waals surface area contributed by atoms with Crippen LogP contribution in [-0.2, 0) is 11.2 Å². The Hall–Kier alpha value is -1.23. The smallest absolute Gasteiger partial charge is 0.406 e. The molecule has 0 saturated heterocycles. The summed E-state index contributed by atoms with van der Waals surface area (Å²) in [5.74, 6) is -0.424. The molecule has 6 heteroatoms. The third kappa shape index (κ3) is 4.20. The second kappa shape index (κ2) is 4.53. The quantitative estimate of drug-likeness (QED) is 0.757. The average Bonchev–Trinajstić information content (AvgIpc) is 1.99. The van der Waals surface area contributed by atoms with Gasteiger partial charge in [0.2, 0.25) is 0 Å². The summed E-state index contributed by atoms with van der Waals surface area (Å²) in [7, 11) is 0. The van der Waals surface area contributed by atoms with Gasteiger partial charge in [-0.2, -0.15) is 0 Å². The Bertz CT molecular complexity index is 363. The van der Waals surface area contributed by atoms with Crippen LogP contribution >= 0.6 is 11.6 Å². The molecule has 0 saturated carbocycles. The highest BCUT2D eigenvalue weighted by Gasteiger charge is 2.31. The van der Waals surface area contributed by atoms with Gasteiger partial charge in [-0.3, -0.25) is 0 Å². The number of benzene rings is 1. The van der Waals surface area contributed by atoms with Crippen LogP contribution in [0.5, 0.6) is 5.75 Å². The van der Waals surface area contributed by atoms with Crippen molar-refractivity contribution in [2.75, 3.05) is 0 Å². The van der Waals surface area contributed by atoms with E-state index in [9.17, 15) is 18.0 Å². The molecule has 0 N–H and O–H groups in total. The monoisotopic (exact) mass is 238 g/mol. The minimum Gasteiger partial charge on any atom is -0.406 e. The summed E-state index contributed by atoms with van der Waals surface area (Å²) in [6.45, 7) is 0. The van der Waals surface area contributed by atoms with E-state index >= 15 is 0 Å². The normalized spacial score (nSPS) is 11.2. The molecular weight excluding hydrogens is 233 g/mol. The highest BCUT2D eigenvalue weighted by molar-refractivity contribution is 6.30. The van der Waals surface area contributed by atoms with Crippen LogP contribution in [0.2, 0.25) is 5.02 Å². The molecule has 0 aromatic heterocycles. The first-order chi connectivity index (χ1) is 6.90. The maximum absolute atomic E-state index is 11.9. The maximum atomic E-state index is 11.9. The molecule has 0 fully saturated rings. The molecule has 82 valence electrons. The third-order valence-electron chi connectivity index (χ3n) is 1.48. The molecule has 0 bridgehead atoms. The molecule has 15 heavy (non-hydrogen) atoms. The Balaban J connectivity index is 2.93. The number of rotatable bonds is 3. The van der Waals surface area contributed by atoms with E-state index < -0.39 is 12.1 Å². The van der Waals surface area contributed by atoms with Gasteiger partial charge in [0.15, 0.2) is 0 Å². The summed E-state index contributed by atoms with van der Waals surface area (Å²) in [4.78, 5) is 10.2. The van der Waals surface area contributed by atoms with Gasteiger partial charge in [-0.15, -0.1) is 13.2 Å². The molecule has 0 unspecified atom stereocenters. The van der Waals surface area contributed by atoms with Crippen LogP contribution in [0.1, 0.15) is 5.56 Å². The molecule has 0 aliphatic carbocycles. The SMILES string of the molecule is O=CCc1cc(Cl)cc(OC(F)(F)F)c1. The van der Waals surface area contributed by atoms with Gasteiger partial charge in [0.05, 0.1) is 0 Å². The number of carbonyl (C=O) groups is 1. The highest BCUT2D eigenvalue weighted by atomic mass is 35.5. The van der Waals surface area contributed by atoms with Gasteiger partial charge in [-0.1, -0.05) is 11.6 Å². The number of alkyl halides is 3. The van der Waals surface area contributed by atoms with E-state index in [1.807, 2.05) is 0 Å². The first-order valence-electron chi connectivity index (χ1n) is 3.89. The van der Waals surface area contributed by atoms with E-state index in [1.54, 1.807) is 0 Å². The molecule has 0 amide bonds. The van der Waals surface area contributed by atoms with Crippen molar-refractivity contribution in [1.82, 2.24) is 0 Å². The second-order valence-corrected chi connectivity index (χ2v) is 3.15. The van der Waals surface area contributed by atoms with Crippen molar-refractivity contribution in [3.05, 3.63) is 28.8 Å². The maximum Gasteiger partial charge on any atom is 0.573 e. The molecule has 1 aromatic rings. The predicted octanol–water partition coefficient (Wildman–Crippen LogP) is 2.98. The minimum absolute atomic E-state index is 0.00518. The van der Waals surface area contributed by atoms with Gasteiger partial charge >= 0.3 is 6.36 Å². The number of carbonyl (C=O) groups excluding carboxylic acids is 1. The molecule has 1 rings (SSSR count). The molecule has 0 heterocycles. The molecule has 0 aliphatic heterocycles. The number of halogens is 4. The number of hydrogen-bond acceptors (Lipinski definition) is 2. The number of aldehydes is 1. The van der Waals surface area contributed by atoms with Crippen molar-refractivity contribution in [2.24, 2.45) is 0 Å². The van der Waals surface area contributed by atoms with Crippen LogP contribution in [-0.4, -0.2) is 12.6 Å². The molecule has 0 aliphatic rings. The lowest BCUT2D eigenvalue weighted by Gasteiger charge is -2.09. The third-order valence-corrected chi connectivity index (χ3v) is 1.70. The molecule has 1 aromatic carbocycles. The van der Waals surface area contributed by atoms with Gasteiger partial charge in [0.25, 0.3) is 0 Å². The lowest BCUT2D eigenvalue weighted by molar-refractivity contribution is -0.274. The van der Waals surface area contributed by atoms with Gasteiger partial charge in [-0.05, 0) is 23.8 Å². The van der Waals surface area contributed by atoms with E-state index in [-0.39, 0.29) is 11.4 Å². The predicted molar refractivity (Wildman–Crippen MR) is 47.9 cm³/mol. The summed E-state index contributed by atoms with van der Waals surface area (Å²) < 4.78 is 39.2. The molecule has 0 atom stereocenters. The number of hydrogen-bond donors (Lipinski definition) is 0. The van der Waals surface area contributed by atoms with Crippen LogP contribution in [0.15, 0.2) is 18.2 Å². The van der Waals surface area contributed by atoms with Crippen LogP contribution in [0, 0.1) is 0 Å². The Kier molecular flexibility index (Phi) is 3.57. The van der Waals surface area contributed by atoms with Gasteiger partial charge in [0, 0.05) is 11.4 Å². The van der Waals surface area contributed by atoms with Gasteiger partial charge < -0.3 is 9.53 Å². The van der Waals surface area contributed by atoms with Crippen molar-refractivity contribution in [3.63, 3.8) is 0 Å². The standard InChI is InChI=1S/C9H6ClF3O2/c10-7-3-6(1-2-14)4-8(5-7)15-9(11,12)13/h2-5H,1H2. The van der Waals surface area contributed by atoms with E-state index in [2.05, 4.69) is 4.74 Å². The Morgan fingerprint density at radius 1 is 1.33 bits per heavy atom. The zero-order valence-corrected chi connectivity index (χ0v) is 8.10. The topological polar surface area (TPSA) is 26.3 Å². The van der Waals surface area contributed by atoms with Crippen molar-refractivity contribution in [3.8, 4) is 5.75 Å². The first-order valence-corrected chi connectivity index (χ1v) is 4.27. The Morgan fingerprint density at radius 3 is 2.53 bits per heavy atom. The van der Waals surface area contributed by atoms with E-state index in [4.69, 9.17) is 11.6 Å². The Labute approximate surface area is 88.6 Å². The van der Waals surface area contributed by atoms with Crippen LogP contribution in [0.4, 0.5) is 13.2 Å². The van der Waals surface area contributed by atoms with Crippen molar-refractivity contribution < 1.29 is 22.7 Å².